The summed E-state index contributed by atoms with van der Waals surface area (Å²) in [6.07, 6.45) is 1.60. The quantitative estimate of drug-likeness (QED) is 0.235. The molecule has 0 aliphatic carbocycles. The average molecular weight is 521 g/mol. The van der Waals surface area contributed by atoms with Gasteiger partial charge in [-0.15, -0.1) is 0 Å². The molecule has 0 saturated carbocycles. The molecular formula is C25H21FN6O2S2. The Morgan fingerprint density at radius 3 is 2.58 bits per heavy atom. The van der Waals surface area contributed by atoms with E-state index < -0.39 is 10.0 Å². The van der Waals surface area contributed by atoms with Crippen molar-refractivity contribution in [3.63, 3.8) is 0 Å². The molecule has 11 heteroatoms. The molecule has 0 bridgehead atoms. The van der Waals surface area contributed by atoms with E-state index in [9.17, 15) is 12.8 Å². The molecule has 2 heterocycles. The van der Waals surface area contributed by atoms with Crippen LogP contribution < -0.4 is 15.0 Å². The van der Waals surface area contributed by atoms with Gasteiger partial charge in [0.1, 0.15) is 17.2 Å². The molecule has 0 radical (unpaired) electrons. The molecule has 5 rings (SSSR count). The fourth-order valence-electron chi connectivity index (χ4n) is 4.05. The van der Waals surface area contributed by atoms with Crippen LogP contribution in [0.15, 0.2) is 82.8 Å². The van der Waals surface area contributed by atoms with Gasteiger partial charge in [-0.1, -0.05) is 36.4 Å². The molecular weight excluding hydrogens is 499 g/mol. The first-order valence-electron chi connectivity index (χ1n) is 10.9. The second-order valence-electron chi connectivity index (χ2n) is 8.09. The maximum atomic E-state index is 13.3. The molecule has 2 N–H and O–H groups in total. The van der Waals surface area contributed by atoms with Gasteiger partial charge in [0.25, 0.3) is 10.0 Å². The van der Waals surface area contributed by atoms with E-state index in [1.807, 2.05) is 31.2 Å². The Morgan fingerprint density at radius 1 is 1.08 bits per heavy atom. The van der Waals surface area contributed by atoms with Crippen LogP contribution in [0.3, 0.4) is 0 Å². The van der Waals surface area contributed by atoms with Crippen LogP contribution in [-0.2, 0) is 10.0 Å². The number of halogens is 1. The maximum Gasteiger partial charge on any atom is 0.264 e. The van der Waals surface area contributed by atoms with Gasteiger partial charge in [0.15, 0.2) is 5.11 Å². The van der Waals surface area contributed by atoms with Crippen molar-refractivity contribution in [3.05, 3.63) is 89.9 Å². The first-order valence-corrected chi connectivity index (χ1v) is 12.7. The summed E-state index contributed by atoms with van der Waals surface area (Å²) in [6, 6.07) is 20.3. The van der Waals surface area contributed by atoms with E-state index in [0.29, 0.717) is 28.3 Å². The zero-order valence-electron chi connectivity index (χ0n) is 19.3. The number of aromatic nitrogens is 2. The lowest BCUT2D eigenvalue weighted by atomic mass is 10.1. The minimum atomic E-state index is -3.65. The van der Waals surface area contributed by atoms with Crippen LogP contribution in [0.5, 0.6) is 0 Å². The summed E-state index contributed by atoms with van der Waals surface area (Å²) in [5.74, 6) is -0.364. The summed E-state index contributed by atoms with van der Waals surface area (Å²) in [6.45, 7) is 1.84. The van der Waals surface area contributed by atoms with Crippen molar-refractivity contribution >= 4 is 44.9 Å². The highest BCUT2D eigenvalue weighted by molar-refractivity contribution is 7.93. The summed E-state index contributed by atoms with van der Waals surface area (Å²) in [4.78, 5) is 0.244. The average Bonchev–Trinajstić information content (AvgIpc) is 3.20. The monoisotopic (exact) mass is 520 g/mol. The number of benzene rings is 3. The van der Waals surface area contributed by atoms with E-state index in [2.05, 4.69) is 15.8 Å². The van der Waals surface area contributed by atoms with Crippen LogP contribution >= 0.6 is 12.2 Å². The molecule has 0 unspecified atom stereocenters. The third-order valence-electron chi connectivity index (χ3n) is 5.78. The van der Waals surface area contributed by atoms with Crippen molar-refractivity contribution in [2.24, 2.45) is 5.10 Å². The Kier molecular flexibility index (Phi) is 6.02. The normalized spacial score (nSPS) is 13.8. The van der Waals surface area contributed by atoms with Crippen LogP contribution in [0.25, 0.3) is 16.9 Å². The largest absolute Gasteiger partial charge is 0.331 e. The molecule has 4 aromatic rings. The van der Waals surface area contributed by atoms with Gasteiger partial charge in [0.05, 0.1) is 22.5 Å². The number of sulfonamides is 1. The number of anilines is 2. The third kappa shape index (κ3) is 4.23. The lowest BCUT2D eigenvalue weighted by Crippen LogP contribution is -2.30. The second-order valence-corrected chi connectivity index (χ2v) is 10.4. The minimum absolute atomic E-state index is 0.227. The van der Waals surface area contributed by atoms with Crippen molar-refractivity contribution in [1.82, 2.24) is 15.2 Å². The molecule has 0 fully saturated rings. The van der Waals surface area contributed by atoms with Crippen LogP contribution in [0.1, 0.15) is 11.3 Å². The number of nitrogens with zero attached hydrogens (tertiary/aromatic N) is 4. The lowest BCUT2D eigenvalue weighted by Gasteiger charge is -2.26. The summed E-state index contributed by atoms with van der Waals surface area (Å²) in [5, 5.41) is 11.9. The number of hydrazone groups is 1. The van der Waals surface area contributed by atoms with Crippen LogP contribution in [0.4, 0.5) is 15.8 Å². The maximum absolute atomic E-state index is 13.3. The van der Waals surface area contributed by atoms with Gasteiger partial charge in [-0.2, -0.15) is 10.2 Å². The smallest absolute Gasteiger partial charge is 0.264 e. The summed E-state index contributed by atoms with van der Waals surface area (Å²) >= 11 is 5.17. The Bertz CT molecular complexity index is 1610. The van der Waals surface area contributed by atoms with Crippen LogP contribution in [-0.4, -0.2) is 36.6 Å². The van der Waals surface area contributed by atoms with E-state index in [4.69, 9.17) is 17.3 Å². The summed E-state index contributed by atoms with van der Waals surface area (Å²) in [7, 11) is -2.11. The number of rotatable bonds is 4. The van der Waals surface area contributed by atoms with E-state index >= 15 is 0 Å². The molecule has 36 heavy (non-hydrogen) atoms. The van der Waals surface area contributed by atoms with Gasteiger partial charge in [0, 0.05) is 18.3 Å². The highest BCUT2D eigenvalue weighted by Crippen LogP contribution is 2.43. The Hall–Kier alpha value is -4.09. The van der Waals surface area contributed by atoms with Crippen LogP contribution in [0.2, 0.25) is 0 Å². The van der Waals surface area contributed by atoms with Gasteiger partial charge in [-0.3, -0.25) is 9.73 Å². The fraction of sp³-hybridized carbons (Fsp3) is 0.0800. The first-order chi connectivity index (χ1) is 17.3. The predicted molar refractivity (Wildman–Crippen MR) is 143 cm³/mol. The molecule has 1 aliphatic rings. The molecule has 0 amide bonds. The highest BCUT2D eigenvalue weighted by Gasteiger charge is 2.36. The number of hydrogen-bond donors (Lipinski definition) is 2. The fourth-order valence-corrected chi connectivity index (χ4v) is 5.67. The summed E-state index contributed by atoms with van der Waals surface area (Å²) in [5.41, 5.74) is 7.27. The minimum Gasteiger partial charge on any atom is -0.331 e. The number of nitrogens with one attached hydrogen (secondary N) is 2. The van der Waals surface area contributed by atoms with Gasteiger partial charge in [-0.25, -0.2) is 17.5 Å². The topological polar surface area (TPSA) is 91.6 Å². The van der Waals surface area contributed by atoms with E-state index in [1.54, 1.807) is 54.3 Å². The highest BCUT2D eigenvalue weighted by atomic mass is 32.2. The van der Waals surface area contributed by atoms with Crippen molar-refractivity contribution in [1.29, 1.82) is 0 Å². The Labute approximate surface area is 213 Å². The Morgan fingerprint density at radius 2 is 1.83 bits per heavy atom. The second kappa shape index (κ2) is 9.17. The molecule has 0 spiro atoms. The summed E-state index contributed by atoms with van der Waals surface area (Å²) < 4.78 is 42.3. The molecule has 182 valence electrons. The van der Waals surface area contributed by atoms with Gasteiger partial charge in [0.2, 0.25) is 0 Å². The molecule has 1 aromatic heterocycles. The molecule has 0 saturated heterocycles. The van der Waals surface area contributed by atoms with Crippen molar-refractivity contribution in [2.75, 3.05) is 16.7 Å². The van der Waals surface area contributed by atoms with Crippen molar-refractivity contribution in [3.8, 4) is 16.9 Å². The third-order valence-corrected chi connectivity index (χ3v) is 7.79. The van der Waals surface area contributed by atoms with Gasteiger partial charge < -0.3 is 5.32 Å². The Balaban J connectivity index is 1.35. The van der Waals surface area contributed by atoms with Crippen molar-refractivity contribution < 1.29 is 12.8 Å². The number of hydrogen-bond acceptors (Lipinski definition) is 5. The zero-order chi connectivity index (χ0) is 25.4. The molecule has 0 atom stereocenters. The van der Waals surface area contributed by atoms with Gasteiger partial charge >= 0.3 is 0 Å². The van der Waals surface area contributed by atoms with Crippen LogP contribution in [0, 0.1) is 12.7 Å². The number of fused-ring (bicyclic) bond motifs is 3. The lowest BCUT2D eigenvalue weighted by molar-refractivity contribution is 0.593. The molecule has 8 nitrogen and oxygen atoms in total. The zero-order valence-corrected chi connectivity index (χ0v) is 20.9. The molecule has 3 aromatic carbocycles. The van der Waals surface area contributed by atoms with Gasteiger partial charge in [-0.05, 0) is 61.1 Å². The molecule has 1 aliphatic heterocycles. The van der Waals surface area contributed by atoms with E-state index in [0.717, 1.165) is 11.3 Å². The predicted octanol–water partition coefficient (Wildman–Crippen LogP) is 4.45. The first kappa shape index (κ1) is 23.6. The standard InChI is InChI=1S/C25H21FN6O2S2/c1-16-24-23(21-8-3-4-9-22(21)36(33,34)31(24)2)30-32(16)20-12-10-17(11-13-20)15-27-29-25(35)28-19-7-5-6-18(26)14-19/h3-15H,1-2H3,(H2,28,29,35)/b27-15+. The van der Waals surface area contributed by atoms with E-state index in [-0.39, 0.29) is 15.8 Å². The SMILES string of the molecule is Cc1c2c(nn1-c1ccc(/C=N/NC(=S)Nc3cccc(F)c3)cc1)-c1ccccc1S(=O)(=O)N2C. The van der Waals surface area contributed by atoms with Crippen molar-refractivity contribution in [2.45, 2.75) is 11.8 Å². The van der Waals surface area contributed by atoms with E-state index in [1.165, 1.54) is 16.4 Å². The number of thiocarbonyl (C=S) groups is 1.